The first-order valence-corrected chi connectivity index (χ1v) is 6.91. The zero-order valence-corrected chi connectivity index (χ0v) is 12.6. The van der Waals surface area contributed by atoms with Crippen molar-refractivity contribution in [2.24, 2.45) is 0 Å². The fourth-order valence-electron chi connectivity index (χ4n) is 2.02. The van der Waals surface area contributed by atoms with Crippen molar-refractivity contribution in [3.63, 3.8) is 0 Å². The monoisotopic (exact) mass is 309 g/mol. The van der Waals surface area contributed by atoms with Gasteiger partial charge in [0.15, 0.2) is 5.82 Å². The van der Waals surface area contributed by atoms with E-state index in [0.717, 1.165) is 0 Å². The number of hydrogen-bond acceptors (Lipinski definition) is 4. The van der Waals surface area contributed by atoms with Gasteiger partial charge in [0.1, 0.15) is 5.82 Å². The number of aryl methyl sites for hydroxylation is 1. The Morgan fingerprint density at radius 2 is 2.19 bits per heavy atom. The van der Waals surface area contributed by atoms with Crippen molar-refractivity contribution in [1.82, 2.24) is 15.2 Å². The van der Waals surface area contributed by atoms with E-state index < -0.39 is 5.97 Å². The summed E-state index contributed by atoms with van der Waals surface area (Å²) in [6.45, 7) is 2.41. The van der Waals surface area contributed by atoms with Crippen molar-refractivity contribution in [3.05, 3.63) is 34.1 Å². The number of carboxylic acid groups (broad SMARTS) is 1. The molecule has 0 unspecified atom stereocenters. The van der Waals surface area contributed by atoms with E-state index >= 15 is 0 Å². The highest BCUT2D eigenvalue weighted by molar-refractivity contribution is 6.33. The molecule has 0 saturated heterocycles. The Labute approximate surface area is 127 Å². The molecule has 0 atom stereocenters. The van der Waals surface area contributed by atoms with E-state index in [0.29, 0.717) is 47.2 Å². The number of aromatic amines is 1. The molecule has 6 nitrogen and oxygen atoms in total. The van der Waals surface area contributed by atoms with Gasteiger partial charge in [0, 0.05) is 19.1 Å². The molecule has 21 heavy (non-hydrogen) atoms. The molecule has 112 valence electrons. The molecule has 1 aromatic heterocycles. The summed E-state index contributed by atoms with van der Waals surface area (Å²) in [7, 11) is 1.61. The van der Waals surface area contributed by atoms with Crippen LogP contribution in [-0.2, 0) is 17.6 Å². The average molecular weight is 310 g/mol. The van der Waals surface area contributed by atoms with E-state index in [9.17, 15) is 9.90 Å². The van der Waals surface area contributed by atoms with E-state index in [-0.39, 0.29) is 5.56 Å². The number of carboxylic acids is 1. The molecule has 0 fully saturated rings. The van der Waals surface area contributed by atoms with Gasteiger partial charge in [-0.15, -0.1) is 10.2 Å². The zero-order chi connectivity index (χ0) is 15.4. The average Bonchev–Trinajstić information content (AvgIpc) is 2.92. The number of carbonyl (C=O) groups is 1. The van der Waals surface area contributed by atoms with Gasteiger partial charge < -0.3 is 14.8 Å². The maximum absolute atomic E-state index is 11.3. The topological polar surface area (TPSA) is 88.1 Å². The Hall–Kier alpha value is -1.92. The van der Waals surface area contributed by atoms with Crippen LogP contribution in [0.4, 0.5) is 0 Å². The van der Waals surface area contributed by atoms with Gasteiger partial charge in [0.2, 0.25) is 0 Å². The molecule has 0 aliphatic heterocycles. The van der Waals surface area contributed by atoms with Gasteiger partial charge >= 0.3 is 5.97 Å². The lowest BCUT2D eigenvalue weighted by atomic mass is 10.0. The van der Waals surface area contributed by atoms with E-state index in [4.69, 9.17) is 16.3 Å². The highest BCUT2D eigenvalue weighted by Gasteiger charge is 2.16. The first kappa shape index (κ1) is 15.5. The maximum atomic E-state index is 11.3. The van der Waals surface area contributed by atoms with Crippen LogP contribution in [0.1, 0.15) is 28.7 Å². The van der Waals surface area contributed by atoms with Crippen molar-refractivity contribution < 1.29 is 14.6 Å². The van der Waals surface area contributed by atoms with E-state index in [2.05, 4.69) is 15.2 Å². The van der Waals surface area contributed by atoms with Gasteiger partial charge in [-0.05, 0) is 24.1 Å². The lowest BCUT2D eigenvalue weighted by Crippen LogP contribution is -2.03. The van der Waals surface area contributed by atoms with Crippen LogP contribution >= 0.6 is 11.6 Å². The first-order chi connectivity index (χ1) is 10.1. The van der Waals surface area contributed by atoms with Crippen molar-refractivity contribution >= 4 is 17.6 Å². The molecule has 0 aliphatic rings. The van der Waals surface area contributed by atoms with Crippen molar-refractivity contribution in [3.8, 4) is 11.4 Å². The summed E-state index contributed by atoms with van der Waals surface area (Å²) in [5.74, 6) is 0.138. The van der Waals surface area contributed by atoms with Crippen LogP contribution in [0.15, 0.2) is 12.1 Å². The largest absolute Gasteiger partial charge is 0.478 e. The molecule has 2 aromatic rings. The molecule has 2 rings (SSSR count). The van der Waals surface area contributed by atoms with Gasteiger partial charge in [0.25, 0.3) is 0 Å². The highest BCUT2D eigenvalue weighted by atomic mass is 35.5. The maximum Gasteiger partial charge on any atom is 0.335 e. The number of nitrogens with zero attached hydrogens (tertiary/aromatic N) is 2. The number of methoxy groups -OCH3 is 1. The lowest BCUT2D eigenvalue weighted by Gasteiger charge is -2.08. The van der Waals surface area contributed by atoms with Gasteiger partial charge in [-0.3, -0.25) is 0 Å². The molecule has 7 heteroatoms. The summed E-state index contributed by atoms with van der Waals surface area (Å²) < 4.78 is 4.97. The minimum atomic E-state index is -0.983. The van der Waals surface area contributed by atoms with Crippen molar-refractivity contribution in [2.75, 3.05) is 13.7 Å². The molecular formula is C14H16ClN3O3. The number of aromatic carboxylic acids is 1. The number of H-pyrrole nitrogens is 1. The van der Waals surface area contributed by atoms with Crippen LogP contribution in [0.5, 0.6) is 0 Å². The molecule has 0 saturated carbocycles. The second-order valence-corrected chi connectivity index (χ2v) is 4.92. The van der Waals surface area contributed by atoms with Crippen LogP contribution in [0.3, 0.4) is 0 Å². The van der Waals surface area contributed by atoms with Gasteiger partial charge in [0.05, 0.1) is 17.2 Å². The van der Waals surface area contributed by atoms with Crippen LogP contribution in [-0.4, -0.2) is 40.0 Å². The zero-order valence-electron chi connectivity index (χ0n) is 11.8. The number of benzene rings is 1. The molecule has 0 bridgehead atoms. The number of halogens is 1. The molecule has 1 heterocycles. The summed E-state index contributed by atoms with van der Waals surface area (Å²) in [6.07, 6.45) is 1.19. The van der Waals surface area contributed by atoms with E-state index in [1.165, 1.54) is 6.07 Å². The Bertz CT molecular complexity index is 655. The lowest BCUT2D eigenvalue weighted by molar-refractivity contribution is 0.0696. The van der Waals surface area contributed by atoms with Gasteiger partial charge in [-0.25, -0.2) is 4.79 Å². The van der Waals surface area contributed by atoms with E-state index in [1.807, 2.05) is 6.92 Å². The predicted octanol–water partition coefficient (Wildman–Crippen LogP) is 2.57. The van der Waals surface area contributed by atoms with Crippen LogP contribution in [0.2, 0.25) is 5.02 Å². The second-order valence-electron chi connectivity index (χ2n) is 4.51. The third-order valence-corrected chi connectivity index (χ3v) is 3.45. The third-order valence-electron chi connectivity index (χ3n) is 3.14. The number of ether oxygens (including phenoxy) is 1. The Morgan fingerprint density at radius 3 is 2.81 bits per heavy atom. The SMILES string of the molecule is CCc1cc(Cl)c(-c2nnc(CCOC)[nH]2)cc1C(=O)O. The number of aromatic nitrogens is 3. The van der Waals surface area contributed by atoms with Crippen molar-refractivity contribution in [2.45, 2.75) is 19.8 Å². The fourth-order valence-corrected chi connectivity index (χ4v) is 2.29. The smallest absolute Gasteiger partial charge is 0.335 e. The Morgan fingerprint density at radius 1 is 1.43 bits per heavy atom. The molecule has 1 aromatic carbocycles. The first-order valence-electron chi connectivity index (χ1n) is 6.53. The molecule has 0 amide bonds. The molecule has 2 N–H and O–H groups in total. The normalized spacial score (nSPS) is 10.8. The molecule has 0 radical (unpaired) electrons. The number of hydrogen-bond donors (Lipinski definition) is 2. The highest BCUT2D eigenvalue weighted by Crippen LogP contribution is 2.29. The van der Waals surface area contributed by atoms with Crippen LogP contribution in [0, 0.1) is 0 Å². The predicted molar refractivity (Wildman–Crippen MR) is 78.7 cm³/mol. The Balaban J connectivity index is 2.41. The summed E-state index contributed by atoms with van der Waals surface area (Å²) >= 11 is 6.23. The quantitative estimate of drug-likeness (QED) is 0.856. The summed E-state index contributed by atoms with van der Waals surface area (Å²) in [4.78, 5) is 14.3. The summed E-state index contributed by atoms with van der Waals surface area (Å²) in [6, 6.07) is 3.20. The Kier molecular flexibility index (Phi) is 4.93. The third kappa shape index (κ3) is 3.40. The number of nitrogens with one attached hydrogen (secondary N) is 1. The standard InChI is InChI=1S/C14H16ClN3O3/c1-3-8-6-11(15)10(7-9(8)14(19)20)13-16-12(17-18-13)4-5-21-2/h6-7H,3-5H2,1-2H3,(H,19,20)(H,16,17,18). The van der Waals surface area contributed by atoms with Gasteiger partial charge in [-0.2, -0.15) is 0 Å². The van der Waals surface area contributed by atoms with Gasteiger partial charge in [-0.1, -0.05) is 18.5 Å². The molecule has 0 spiro atoms. The van der Waals surface area contributed by atoms with E-state index in [1.54, 1.807) is 13.2 Å². The minimum absolute atomic E-state index is 0.228. The number of rotatable bonds is 6. The minimum Gasteiger partial charge on any atom is -0.478 e. The molecule has 0 aliphatic carbocycles. The van der Waals surface area contributed by atoms with Crippen molar-refractivity contribution in [1.29, 1.82) is 0 Å². The van der Waals surface area contributed by atoms with Crippen LogP contribution in [0.25, 0.3) is 11.4 Å². The van der Waals surface area contributed by atoms with Crippen LogP contribution < -0.4 is 0 Å². The second kappa shape index (κ2) is 6.69. The molecular weight excluding hydrogens is 294 g/mol. The summed E-state index contributed by atoms with van der Waals surface area (Å²) in [5.41, 5.74) is 1.45. The summed E-state index contributed by atoms with van der Waals surface area (Å²) in [5, 5.41) is 17.7. The fraction of sp³-hybridized carbons (Fsp3) is 0.357.